The molecule has 0 aliphatic carbocycles. The summed E-state index contributed by atoms with van der Waals surface area (Å²) in [5.41, 5.74) is 4.52. The van der Waals surface area contributed by atoms with Gasteiger partial charge >= 0.3 is 0 Å². The monoisotopic (exact) mass is 368 g/mol. The molecule has 1 aromatic heterocycles. The summed E-state index contributed by atoms with van der Waals surface area (Å²) >= 11 is 1.47. The van der Waals surface area contributed by atoms with Crippen LogP contribution in [-0.4, -0.2) is 13.4 Å². The molecule has 1 rings (SSSR count). The molecule has 0 aromatic carbocycles. The molecule has 1 heterocycles. The molecule has 2 N–H and O–H groups in total. The van der Waals surface area contributed by atoms with Gasteiger partial charge in [0, 0.05) is 16.7 Å². The fourth-order valence-corrected chi connectivity index (χ4v) is 3.00. The Balaban J connectivity index is 3.62. The summed E-state index contributed by atoms with van der Waals surface area (Å²) in [5.74, 6) is -0.178. The lowest BCUT2D eigenvalue weighted by atomic mass is 10.3. The smallest absolute Gasteiger partial charge is 0.267 e. The summed E-state index contributed by atoms with van der Waals surface area (Å²) < 4.78 is 46.9. The highest BCUT2D eigenvalue weighted by Gasteiger charge is 2.26. The molecule has 9 heteroatoms. The summed E-state index contributed by atoms with van der Waals surface area (Å²) in [5, 5.41) is 0. The minimum Gasteiger partial charge on any atom is -0.384 e. The van der Waals surface area contributed by atoms with Crippen molar-refractivity contribution >= 4 is 48.1 Å². The third-order valence-electron chi connectivity index (χ3n) is 1.47. The molecule has 15 heavy (non-hydrogen) atoms. The summed E-state index contributed by atoms with van der Waals surface area (Å²) in [4.78, 5) is 2.83. The molecule has 0 aliphatic rings. The predicted molar refractivity (Wildman–Crippen MR) is 59.4 cm³/mol. The van der Waals surface area contributed by atoms with Crippen molar-refractivity contribution in [3.05, 3.63) is 15.3 Å². The van der Waals surface area contributed by atoms with Crippen molar-refractivity contribution < 1.29 is 17.2 Å². The van der Waals surface area contributed by atoms with Crippen LogP contribution in [0.3, 0.4) is 0 Å². The Labute approximate surface area is 102 Å². The van der Waals surface area contributed by atoms with E-state index >= 15 is 0 Å². The van der Waals surface area contributed by atoms with Crippen molar-refractivity contribution in [2.45, 2.75) is 11.3 Å². The Kier molecular flexibility index (Phi) is 3.71. The van der Waals surface area contributed by atoms with E-state index in [9.17, 15) is 17.2 Å². The Morgan fingerprint density at radius 3 is 2.47 bits per heavy atom. The van der Waals surface area contributed by atoms with E-state index in [0.29, 0.717) is 0 Å². The molecule has 0 atom stereocenters. The van der Waals surface area contributed by atoms with Crippen molar-refractivity contribution in [3.8, 4) is 0 Å². The minimum atomic E-state index is -4.26. The van der Waals surface area contributed by atoms with Crippen molar-refractivity contribution in [2.75, 3.05) is 5.73 Å². The van der Waals surface area contributed by atoms with Gasteiger partial charge in [-0.2, -0.15) is 0 Å². The maximum Gasteiger partial charge on any atom is 0.267 e. The van der Waals surface area contributed by atoms with E-state index in [0.717, 1.165) is 6.07 Å². The summed E-state index contributed by atoms with van der Waals surface area (Å²) in [6.45, 7) is 0. The number of halogens is 4. The fourth-order valence-electron chi connectivity index (χ4n) is 0.919. The number of nitrogen functional groups attached to an aromatic ring is 1. The van der Waals surface area contributed by atoms with Crippen molar-refractivity contribution in [1.29, 1.82) is 0 Å². The van der Waals surface area contributed by atoms with Gasteiger partial charge in [-0.1, -0.05) is 0 Å². The van der Waals surface area contributed by atoms with Crippen molar-refractivity contribution in [1.82, 2.24) is 4.98 Å². The van der Waals surface area contributed by atoms with Gasteiger partial charge in [0.2, 0.25) is 0 Å². The van der Waals surface area contributed by atoms with Crippen molar-refractivity contribution in [3.63, 3.8) is 0 Å². The zero-order valence-electron chi connectivity index (χ0n) is 6.92. The van der Waals surface area contributed by atoms with Gasteiger partial charge in [0.25, 0.3) is 15.5 Å². The first-order valence-electron chi connectivity index (χ1n) is 3.42. The second-order valence-electron chi connectivity index (χ2n) is 2.49. The quantitative estimate of drug-likeness (QED) is 0.493. The Morgan fingerprint density at radius 1 is 1.53 bits per heavy atom. The third-order valence-corrected chi connectivity index (χ3v) is 3.66. The highest BCUT2D eigenvalue weighted by Crippen LogP contribution is 2.32. The van der Waals surface area contributed by atoms with Crippen LogP contribution in [0.4, 0.5) is 14.6 Å². The second-order valence-corrected chi connectivity index (χ2v) is 6.04. The lowest BCUT2D eigenvalue weighted by Gasteiger charge is -2.08. The van der Waals surface area contributed by atoms with E-state index in [-0.39, 0.29) is 9.52 Å². The van der Waals surface area contributed by atoms with Gasteiger partial charge in [0.15, 0.2) is 0 Å². The average molecular weight is 369 g/mol. The number of alkyl halides is 2. The van der Waals surface area contributed by atoms with E-state index < -0.39 is 25.9 Å². The topological polar surface area (TPSA) is 73.1 Å². The molecule has 84 valence electrons. The van der Waals surface area contributed by atoms with Crippen LogP contribution in [0.5, 0.6) is 0 Å². The van der Waals surface area contributed by atoms with Gasteiger partial charge in [-0.15, -0.1) is 0 Å². The first kappa shape index (κ1) is 12.8. The van der Waals surface area contributed by atoms with Gasteiger partial charge in [0.1, 0.15) is 9.52 Å². The Bertz CT molecular complexity index is 494. The average Bonchev–Trinajstić information content (AvgIpc) is 1.99. The highest BCUT2D eigenvalue weighted by molar-refractivity contribution is 14.1. The van der Waals surface area contributed by atoms with Crippen LogP contribution in [0.25, 0.3) is 0 Å². The predicted octanol–water partition coefficient (Wildman–Crippen LogP) is 2.13. The van der Waals surface area contributed by atoms with E-state index in [1.165, 1.54) is 22.6 Å². The zero-order valence-corrected chi connectivity index (χ0v) is 10.6. The molecule has 0 amide bonds. The summed E-state index contributed by atoms with van der Waals surface area (Å²) in [6, 6.07) is 0.811. The molecule has 0 spiro atoms. The molecule has 0 fully saturated rings. The standard InChI is InChI=1S/C6H4ClF2IN2O2S/c7-15(13,14)2-1-3(11)12-6(10)4(2)5(8)9/h1,5H,(H2,11,12). The number of rotatable bonds is 2. The molecular formula is C6H4ClF2IN2O2S. The van der Waals surface area contributed by atoms with E-state index in [1.807, 2.05) is 0 Å². The van der Waals surface area contributed by atoms with Crippen LogP contribution in [0, 0.1) is 3.70 Å². The van der Waals surface area contributed by atoms with E-state index in [2.05, 4.69) is 4.98 Å². The fraction of sp³-hybridized carbons (Fsp3) is 0.167. The lowest BCUT2D eigenvalue weighted by molar-refractivity contribution is 0.146. The van der Waals surface area contributed by atoms with E-state index in [4.69, 9.17) is 16.4 Å². The largest absolute Gasteiger partial charge is 0.384 e. The van der Waals surface area contributed by atoms with Crippen LogP contribution >= 0.6 is 33.3 Å². The van der Waals surface area contributed by atoms with Crippen molar-refractivity contribution in [2.24, 2.45) is 0 Å². The lowest BCUT2D eigenvalue weighted by Crippen LogP contribution is -2.06. The summed E-state index contributed by atoms with van der Waals surface area (Å²) in [7, 11) is 0.748. The van der Waals surface area contributed by atoms with Gasteiger partial charge < -0.3 is 5.73 Å². The normalized spacial score (nSPS) is 12.1. The van der Waals surface area contributed by atoms with Gasteiger partial charge in [-0.3, -0.25) is 0 Å². The van der Waals surface area contributed by atoms with Crippen LogP contribution in [0.1, 0.15) is 12.0 Å². The molecule has 0 radical (unpaired) electrons. The Morgan fingerprint density at radius 2 is 2.07 bits per heavy atom. The number of pyridine rings is 1. The molecule has 0 saturated heterocycles. The van der Waals surface area contributed by atoms with Crippen LogP contribution in [0.15, 0.2) is 11.0 Å². The van der Waals surface area contributed by atoms with Crippen LogP contribution < -0.4 is 5.73 Å². The number of anilines is 1. The highest BCUT2D eigenvalue weighted by atomic mass is 127. The third kappa shape index (κ3) is 2.88. The first-order valence-corrected chi connectivity index (χ1v) is 6.81. The maximum atomic E-state index is 12.5. The minimum absolute atomic E-state index is 0.178. The number of nitrogens with two attached hydrogens (primary N) is 1. The zero-order chi connectivity index (χ0) is 11.8. The summed E-state index contributed by atoms with van der Waals surface area (Å²) in [6.07, 6.45) is -2.98. The first-order chi connectivity index (χ1) is 6.73. The SMILES string of the molecule is Nc1cc(S(=O)(=O)Cl)c(C(F)F)c(I)n1. The van der Waals surface area contributed by atoms with Gasteiger partial charge in [0.05, 0.1) is 10.5 Å². The molecular weight excluding hydrogens is 364 g/mol. The van der Waals surface area contributed by atoms with Gasteiger partial charge in [-0.05, 0) is 22.6 Å². The number of hydrogen-bond donors (Lipinski definition) is 1. The van der Waals surface area contributed by atoms with Crippen LogP contribution in [-0.2, 0) is 9.05 Å². The molecule has 0 unspecified atom stereocenters. The number of hydrogen-bond acceptors (Lipinski definition) is 4. The number of aromatic nitrogens is 1. The molecule has 1 aromatic rings. The molecule has 0 saturated carbocycles. The van der Waals surface area contributed by atoms with Crippen LogP contribution in [0.2, 0.25) is 0 Å². The molecule has 0 bridgehead atoms. The molecule has 4 nitrogen and oxygen atoms in total. The maximum absolute atomic E-state index is 12.5. The van der Waals surface area contributed by atoms with E-state index in [1.54, 1.807) is 0 Å². The number of nitrogens with zero attached hydrogens (tertiary/aromatic N) is 1. The van der Waals surface area contributed by atoms with Gasteiger partial charge in [-0.25, -0.2) is 22.2 Å². The molecule has 0 aliphatic heterocycles. The second kappa shape index (κ2) is 4.34. The Hall–Kier alpha value is -0.220.